The normalized spacial score (nSPS) is 11.6. The second-order valence-electron chi connectivity index (χ2n) is 6.78. The Balaban J connectivity index is 1.93. The summed E-state index contributed by atoms with van der Waals surface area (Å²) in [4.78, 5) is 4.50. The highest BCUT2D eigenvalue weighted by atomic mass is 79.9. The van der Waals surface area contributed by atoms with Gasteiger partial charge in [-0.3, -0.25) is 4.99 Å². The Morgan fingerprint density at radius 2 is 1.74 bits per heavy atom. The third-order valence-electron chi connectivity index (χ3n) is 4.48. The molecule has 0 saturated carbocycles. The average molecular weight is 523 g/mol. The number of halogens is 2. The predicted molar refractivity (Wildman–Crippen MR) is 128 cm³/mol. The van der Waals surface area contributed by atoms with Gasteiger partial charge in [-0.05, 0) is 102 Å². The Morgan fingerprint density at radius 3 is 2.39 bits per heavy atom. The number of hydrogen-bond donors (Lipinski definition) is 0. The van der Waals surface area contributed by atoms with Crippen molar-refractivity contribution >= 4 is 49.6 Å². The Bertz CT molecular complexity index is 1230. The monoisotopic (exact) mass is 521 g/mol. The highest BCUT2D eigenvalue weighted by Gasteiger charge is 2.22. The van der Waals surface area contributed by atoms with E-state index in [-0.39, 0.29) is 16.4 Å². The fraction of sp³-hybridized carbons (Fsp3) is 0.174. The lowest BCUT2D eigenvalue weighted by Gasteiger charge is -2.14. The quantitative estimate of drug-likeness (QED) is 0.258. The van der Waals surface area contributed by atoms with E-state index in [0.29, 0.717) is 16.1 Å². The van der Waals surface area contributed by atoms with E-state index >= 15 is 0 Å². The summed E-state index contributed by atoms with van der Waals surface area (Å²) in [6.07, 6.45) is 1.69. The summed E-state index contributed by atoms with van der Waals surface area (Å²) in [5.41, 5.74) is 3.90. The van der Waals surface area contributed by atoms with Gasteiger partial charge in [0.2, 0.25) is 0 Å². The number of ether oxygens (including phenoxy) is 1. The van der Waals surface area contributed by atoms with Gasteiger partial charge in [0.1, 0.15) is 4.90 Å². The molecule has 0 radical (unpaired) electrons. The molecule has 3 aromatic rings. The molecule has 0 atom stereocenters. The van der Waals surface area contributed by atoms with Crippen molar-refractivity contribution in [3.8, 4) is 11.5 Å². The summed E-state index contributed by atoms with van der Waals surface area (Å²) in [5, 5.41) is 0.433. The molecular formula is C23H21BrClNO4S. The molecule has 3 aromatic carbocycles. The van der Waals surface area contributed by atoms with Crippen molar-refractivity contribution in [1.82, 2.24) is 0 Å². The van der Waals surface area contributed by atoms with E-state index in [0.717, 1.165) is 16.8 Å². The van der Waals surface area contributed by atoms with Crippen molar-refractivity contribution in [3.63, 3.8) is 0 Å². The topological polar surface area (TPSA) is 65.0 Å². The van der Waals surface area contributed by atoms with Crippen LogP contribution in [0.1, 0.15) is 23.6 Å². The lowest BCUT2D eigenvalue weighted by atomic mass is 10.1. The summed E-state index contributed by atoms with van der Waals surface area (Å²) in [7, 11) is -4.07. The minimum atomic E-state index is -4.07. The molecule has 0 amide bonds. The molecule has 0 bridgehead atoms. The molecule has 0 unspecified atom stereocenters. The van der Waals surface area contributed by atoms with Crippen molar-refractivity contribution in [2.75, 3.05) is 6.61 Å². The van der Waals surface area contributed by atoms with Crippen molar-refractivity contribution in [1.29, 1.82) is 0 Å². The van der Waals surface area contributed by atoms with Crippen LogP contribution in [-0.4, -0.2) is 21.2 Å². The van der Waals surface area contributed by atoms with E-state index in [1.165, 1.54) is 29.8 Å². The number of aliphatic imine (C=N–C) groups is 1. The summed E-state index contributed by atoms with van der Waals surface area (Å²) in [6.45, 7) is 6.22. The van der Waals surface area contributed by atoms with E-state index in [9.17, 15) is 8.42 Å². The van der Waals surface area contributed by atoms with E-state index < -0.39 is 10.1 Å². The molecule has 0 heterocycles. The number of aryl methyl sites for hydroxylation is 2. The molecule has 5 nitrogen and oxygen atoms in total. The first-order valence-electron chi connectivity index (χ1n) is 9.47. The third-order valence-corrected chi connectivity index (χ3v) is 6.56. The van der Waals surface area contributed by atoms with E-state index in [1.54, 1.807) is 25.3 Å². The Kier molecular flexibility index (Phi) is 7.41. The minimum absolute atomic E-state index is 0.00775. The zero-order chi connectivity index (χ0) is 22.6. The molecule has 3 rings (SSSR count). The number of nitrogens with zero attached hydrogens (tertiary/aromatic N) is 1. The van der Waals surface area contributed by atoms with Crippen LogP contribution in [0.2, 0.25) is 5.02 Å². The van der Waals surface area contributed by atoms with E-state index in [4.69, 9.17) is 20.5 Å². The first kappa shape index (κ1) is 23.3. The van der Waals surface area contributed by atoms with Crippen molar-refractivity contribution in [3.05, 3.63) is 80.8 Å². The average Bonchev–Trinajstić information content (AvgIpc) is 2.72. The second kappa shape index (κ2) is 9.85. The summed E-state index contributed by atoms with van der Waals surface area (Å²) >= 11 is 9.25. The molecule has 8 heteroatoms. The van der Waals surface area contributed by atoms with Gasteiger partial charge in [-0.2, -0.15) is 8.42 Å². The summed E-state index contributed by atoms with van der Waals surface area (Å²) in [5.74, 6) is 0.357. The van der Waals surface area contributed by atoms with Gasteiger partial charge >= 0.3 is 10.1 Å². The fourth-order valence-corrected chi connectivity index (χ4v) is 4.45. The molecule has 0 aliphatic heterocycles. The second-order valence-corrected chi connectivity index (χ2v) is 9.62. The maximum Gasteiger partial charge on any atom is 0.339 e. The van der Waals surface area contributed by atoms with Crippen LogP contribution in [0.5, 0.6) is 11.5 Å². The zero-order valence-corrected chi connectivity index (χ0v) is 20.4. The molecule has 0 fully saturated rings. The fourth-order valence-electron chi connectivity index (χ4n) is 2.72. The minimum Gasteiger partial charge on any atom is -0.490 e. The Hall–Kier alpha value is -2.35. The van der Waals surface area contributed by atoms with Crippen molar-refractivity contribution in [2.24, 2.45) is 4.99 Å². The standard InChI is InChI=1S/C23H21BrClNO4S/c1-4-29-22-13-17(14-26-19-8-5-15(2)16(3)11-19)12-21(24)23(22)30-31(27,28)20-9-6-18(25)7-10-20/h5-14H,4H2,1-3H3. The summed E-state index contributed by atoms with van der Waals surface area (Å²) < 4.78 is 36.9. The van der Waals surface area contributed by atoms with Crippen LogP contribution in [0.15, 0.2) is 69.0 Å². The largest absolute Gasteiger partial charge is 0.490 e. The summed E-state index contributed by atoms with van der Waals surface area (Å²) in [6, 6.07) is 15.1. The zero-order valence-electron chi connectivity index (χ0n) is 17.2. The first-order chi connectivity index (χ1) is 14.7. The molecule has 162 valence electrons. The van der Waals surface area contributed by atoms with E-state index in [2.05, 4.69) is 20.9 Å². The highest BCUT2D eigenvalue weighted by Crippen LogP contribution is 2.38. The van der Waals surface area contributed by atoms with Gasteiger partial charge in [0.15, 0.2) is 11.5 Å². The van der Waals surface area contributed by atoms with Crippen LogP contribution in [-0.2, 0) is 10.1 Å². The SMILES string of the molecule is CCOc1cc(C=Nc2ccc(C)c(C)c2)cc(Br)c1OS(=O)(=O)c1ccc(Cl)cc1. The van der Waals surface area contributed by atoms with E-state index in [1.807, 2.05) is 32.0 Å². The number of benzene rings is 3. The molecule has 0 aromatic heterocycles. The molecule has 31 heavy (non-hydrogen) atoms. The smallest absolute Gasteiger partial charge is 0.339 e. The molecule has 0 saturated heterocycles. The first-order valence-corrected chi connectivity index (χ1v) is 12.0. The molecule has 0 spiro atoms. The van der Waals surface area contributed by atoms with Gasteiger partial charge in [0.05, 0.1) is 16.8 Å². The number of hydrogen-bond acceptors (Lipinski definition) is 5. The van der Waals surface area contributed by atoms with Gasteiger partial charge in [0, 0.05) is 11.2 Å². The van der Waals surface area contributed by atoms with Crippen LogP contribution in [0.3, 0.4) is 0 Å². The predicted octanol–water partition coefficient (Wildman–Crippen LogP) is 6.64. The van der Waals surface area contributed by atoms with Gasteiger partial charge in [0.25, 0.3) is 0 Å². The lowest BCUT2D eigenvalue weighted by molar-refractivity contribution is 0.327. The number of rotatable bonds is 7. The Morgan fingerprint density at radius 1 is 1.03 bits per heavy atom. The van der Waals surface area contributed by atoms with Gasteiger partial charge < -0.3 is 8.92 Å². The van der Waals surface area contributed by atoms with Crippen LogP contribution in [0.25, 0.3) is 0 Å². The van der Waals surface area contributed by atoms with Crippen LogP contribution in [0, 0.1) is 13.8 Å². The maximum atomic E-state index is 12.7. The van der Waals surface area contributed by atoms with Gasteiger partial charge in [-0.25, -0.2) is 0 Å². The van der Waals surface area contributed by atoms with Gasteiger partial charge in [-0.1, -0.05) is 17.7 Å². The van der Waals surface area contributed by atoms with Gasteiger partial charge in [-0.15, -0.1) is 0 Å². The maximum absolute atomic E-state index is 12.7. The van der Waals surface area contributed by atoms with Crippen LogP contribution in [0.4, 0.5) is 5.69 Å². The van der Waals surface area contributed by atoms with Crippen LogP contribution < -0.4 is 8.92 Å². The molecule has 0 aliphatic rings. The third kappa shape index (κ3) is 5.87. The van der Waals surface area contributed by atoms with Crippen LogP contribution >= 0.6 is 27.5 Å². The molecule has 0 aliphatic carbocycles. The highest BCUT2D eigenvalue weighted by molar-refractivity contribution is 9.10. The van der Waals surface area contributed by atoms with Crippen molar-refractivity contribution in [2.45, 2.75) is 25.7 Å². The Labute approximate surface area is 195 Å². The van der Waals surface area contributed by atoms with Crippen molar-refractivity contribution < 1.29 is 17.3 Å². The molecule has 0 N–H and O–H groups in total. The lowest BCUT2D eigenvalue weighted by Crippen LogP contribution is -2.11. The molecular weight excluding hydrogens is 502 g/mol.